The molecule has 4 aromatic heterocycles. The molecule has 0 bridgehead atoms. The van der Waals surface area contributed by atoms with Crippen LogP contribution >= 0.6 is 23.1 Å². The predicted molar refractivity (Wildman–Crippen MR) is 115 cm³/mol. The number of pyridine rings is 1. The van der Waals surface area contributed by atoms with Crippen LogP contribution < -0.4 is 5.56 Å². The lowest BCUT2D eigenvalue weighted by atomic mass is 9.90. The average Bonchev–Trinajstić information content (AvgIpc) is 3.33. The van der Waals surface area contributed by atoms with Gasteiger partial charge in [-0.15, -0.1) is 21.5 Å². The van der Waals surface area contributed by atoms with Crippen molar-refractivity contribution >= 4 is 28.7 Å². The number of thioether (sulfide) groups is 1. The number of hydrogen-bond acceptors (Lipinski definition) is 7. The summed E-state index contributed by atoms with van der Waals surface area (Å²) in [5.74, 6) is 1.81. The van der Waals surface area contributed by atoms with E-state index in [4.69, 9.17) is 4.42 Å². The Balaban J connectivity index is 1.34. The van der Waals surface area contributed by atoms with E-state index in [0.717, 1.165) is 29.2 Å². The Morgan fingerprint density at radius 3 is 3.14 bits per heavy atom. The highest BCUT2D eigenvalue weighted by atomic mass is 32.2. The molecule has 6 nitrogen and oxygen atoms in total. The minimum atomic E-state index is -0.0843. The quantitative estimate of drug-likeness (QED) is 0.448. The highest BCUT2D eigenvalue weighted by Crippen LogP contribution is 2.37. The van der Waals surface area contributed by atoms with E-state index in [9.17, 15) is 4.79 Å². The zero-order chi connectivity index (χ0) is 20.0. The molecule has 148 valence electrons. The van der Waals surface area contributed by atoms with Crippen molar-refractivity contribution in [1.29, 1.82) is 0 Å². The van der Waals surface area contributed by atoms with Crippen molar-refractivity contribution in [1.82, 2.24) is 19.6 Å². The fraction of sp³-hybridized carbons (Fsp3) is 0.333. The van der Waals surface area contributed by atoms with E-state index in [-0.39, 0.29) is 5.56 Å². The minimum Gasteiger partial charge on any atom is -0.410 e. The van der Waals surface area contributed by atoms with Crippen molar-refractivity contribution < 1.29 is 4.42 Å². The second-order valence-corrected chi connectivity index (χ2v) is 9.60. The van der Waals surface area contributed by atoms with Gasteiger partial charge < -0.3 is 4.42 Å². The van der Waals surface area contributed by atoms with E-state index >= 15 is 0 Å². The van der Waals surface area contributed by atoms with Gasteiger partial charge in [0.25, 0.3) is 16.7 Å². The molecule has 0 unspecified atom stereocenters. The number of thiophene rings is 1. The van der Waals surface area contributed by atoms with Crippen LogP contribution in [0.3, 0.4) is 0 Å². The average molecular weight is 425 g/mol. The van der Waals surface area contributed by atoms with E-state index in [1.807, 2.05) is 19.1 Å². The van der Waals surface area contributed by atoms with Gasteiger partial charge in [0.05, 0.1) is 10.6 Å². The zero-order valence-corrected chi connectivity index (χ0v) is 17.8. The van der Waals surface area contributed by atoms with Crippen LogP contribution in [0.5, 0.6) is 0 Å². The lowest BCUT2D eigenvalue weighted by Crippen LogP contribution is -2.15. The van der Waals surface area contributed by atoms with Gasteiger partial charge in [0.2, 0.25) is 0 Å². The molecule has 1 aliphatic rings. The summed E-state index contributed by atoms with van der Waals surface area (Å²) in [7, 11) is 0. The second kappa shape index (κ2) is 7.42. The van der Waals surface area contributed by atoms with Gasteiger partial charge in [0.1, 0.15) is 5.65 Å². The molecular formula is C21H20N4O2S2. The number of aryl methyl sites for hydroxylation is 2. The van der Waals surface area contributed by atoms with Gasteiger partial charge in [-0.05, 0) is 55.4 Å². The third kappa shape index (κ3) is 3.62. The Hall–Kier alpha value is -2.45. The summed E-state index contributed by atoms with van der Waals surface area (Å²) in [6.07, 6.45) is 5.25. The lowest BCUT2D eigenvalue weighted by molar-refractivity contribution is 0.466. The molecule has 4 heterocycles. The Bertz CT molecular complexity index is 1260. The fourth-order valence-electron chi connectivity index (χ4n) is 3.70. The molecule has 0 saturated heterocycles. The van der Waals surface area contributed by atoms with Crippen LogP contribution in [0.15, 0.2) is 44.9 Å². The third-order valence-electron chi connectivity index (χ3n) is 5.23. The normalized spacial score (nSPS) is 16.3. The largest absolute Gasteiger partial charge is 0.410 e. The molecule has 0 fully saturated rings. The van der Waals surface area contributed by atoms with Gasteiger partial charge in [0, 0.05) is 22.9 Å². The molecule has 4 aromatic rings. The summed E-state index contributed by atoms with van der Waals surface area (Å²) in [6, 6.07) is 7.56. The van der Waals surface area contributed by atoms with Gasteiger partial charge in [-0.1, -0.05) is 24.8 Å². The number of rotatable bonds is 4. The van der Waals surface area contributed by atoms with Crippen molar-refractivity contribution in [2.75, 3.05) is 0 Å². The SMILES string of the molecule is Cc1cccn2c(=O)cc(CSc3nnc(-c4cc5c(s4)CC[C@@H](C)C5)o3)nc12. The Morgan fingerprint density at radius 1 is 1.34 bits per heavy atom. The lowest BCUT2D eigenvalue weighted by Gasteiger charge is -2.16. The molecule has 0 aromatic carbocycles. The summed E-state index contributed by atoms with van der Waals surface area (Å²) in [6.45, 7) is 4.25. The molecule has 0 radical (unpaired) electrons. The van der Waals surface area contributed by atoms with Crippen molar-refractivity contribution in [3.8, 4) is 10.8 Å². The first-order valence-electron chi connectivity index (χ1n) is 9.63. The predicted octanol–water partition coefficient (Wildman–Crippen LogP) is 4.53. The summed E-state index contributed by atoms with van der Waals surface area (Å²) in [4.78, 5) is 19.4. The van der Waals surface area contributed by atoms with E-state index < -0.39 is 0 Å². The van der Waals surface area contributed by atoms with Gasteiger partial charge in [-0.3, -0.25) is 9.20 Å². The Kier molecular flexibility index (Phi) is 4.75. The standard InChI is InChI=1S/C21H20N4O2S2/c1-12-5-6-16-14(8-12)9-17(29-16)20-23-24-21(27-20)28-11-15-10-18(26)25-7-3-4-13(2)19(25)22-15/h3-4,7,9-10,12H,5-6,8,11H2,1-2H3/t12-/m1/s1. The molecule has 0 saturated carbocycles. The van der Waals surface area contributed by atoms with Gasteiger partial charge in [0.15, 0.2) is 0 Å². The van der Waals surface area contributed by atoms with Crippen LogP contribution in [-0.4, -0.2) is 19.6 Å². The third-order valence-corrected chi connectivity index (χ3v) is 7.31. The first-order valence-corrected chi connectivity index (χ1v) is 11.4. The van der Waals surface area contributed by atoms with Gasteiger partial charge in [-0.25, -0.2) is 4.98 Å². The van der Waals surface area contributed by atoms with Crippen LogP contribution in [0.1, 0.15) is 35.0 Å². The van der Waals surface area contributed by atoms with Crippen LogP contribution in [0.4, 0.5) is 0 Å². The smallest absolute Gasteiger partial charge is 0.277 e. The van der Waals surface area contributed by atoms with E-state index in [1.165, 1.54) is 28.6 Å². The van der Waals surface area contributed by atoms with E-state index in [0.29, 0.717) is 28.2 Å². The van der Waals surface area contributed by atoms with Crippen LogP contribution in [0, 0.1) is 12.8 Å². The van der Waals surface area contributed by atoms with Crippen molar-refractivity contribution in [2.24, 2.45) is 5.92 Å². The topological polar surface area (TPSA) is 73.3 Å². The van der Waals surface area contributed by atoms with Crippen LogP contribution in [-0.2, 0) is 18.6 Å². The maximum Gasteiger partial charge on any atom is 0.277 e. The van der Waals surface area contributed by atoms with Crippen molar-refractivity contribution in [3.05, 3.63) is 62.5 Å². The molecule has 0 aliphatic heterocycles. The number of hydrogen-bond donors (Lipinski definition) is 0. The Morgan fingerprint density at radius 2 is 2.24 bits per heavy atom. The summed E-state index contributed by atoms with van der Waals surface area (Å²) in [5, 5.41) is 8.89. The number of fused-ring (bicyclic) bond motifs is 2. The molecule has 29 heavy (non-hydrogen) atoms. The summed E-state index contributed by atoms with van der Waals surface area (Å²) in [5.41, 5.74) is 3.69. The first-order chi connectivity index (χ1) is 14.1. The minimum absolute atomic E-state index is 0.0843. The molecule has 0 spiro atoms. The monoisotopic (exact) mass is 424 g/mol. The molecule has 1 atom stereocenters. The Labute approximate surface area is 176 Å². The van der Waals surface area contributed by atoms with Crippen molar-refractivity contribution in [2.45, 2.75) is 44.1 Å². The highest BCUT2D eigenvalue weighted by molar-refractivity contribution is 7.98. The van der Waals surface area contributed by atoms with Gasteiger partial charge >= 0.3 is 0 Å². The van der Waals surface area contributed by atoms with E-state index in [2.05, 4.69) is 28.2 Å². The molecule has 5 rings (SSSR count). The zero-order valence-electron chi connectivity index (χ0n) is 16.2. The highest BCUT2D eigenvalue weighted by Gasteiger charge is 2.21. The summed E-state index contributed by atoms with van der Waals surface area (Å²) >= 11 is 3.16. The number of nitrogens with zero attached hydrogens (tertiary/aromatic N) is 4. The molecule has 8 heteroatoms. The fourth-order valence-corrected chi connectivity index (χ4v) is 5.48. The van der Waals surface area contributed by atoms with Crippen LogP contribution in [0.25, 0.3) is 16.4 Å². The first kappa shape index (κ1) is 18.6. The van der Waals surface area contributed by atoms with Crippen molar-refractivity contribution in [3.63, 3.8) is 0 Å². The molecule has 1 aliphatic carbocycles. The maximum atomic E-state index is 12.3. The van der Waals surface area contributed by atoms with Gasteiger partial charge in [-0.2, -0.15) is 0 Å². The number of aromatic nitrogens is 4. The maximum absolute atomic E-state index is 12.3. The molecule has 0 amide bonds. The second-order valence-electron chi connectivity index (χ2n) is 7.54. The molecular weight excluding hydrogens is 404 g/mol. The van der Waals surface area contributed by atoms with Crippen LogP contribution in [0.2, 0.25) is 0 Å². The van der Waals surface area contributed by atoms with E-state index in [1.54, 1.807) is 28.0 Å². The molecule has 0 N–H and O–H groups in total. The summed E-state index contributed by atoms with van der Waals surface area (Å²) < 4.78 is 7.44.